The van der Waals surface area contributed by atoms with Gasteiger partial charge in [-0.2, -0.15) is 0 Å². The van der Waals surface area contributed by atoms with Gasteiger partial charge in [-0.3, -0.25) is 9.69 Å². The van der Waals surface area contributed by atoms with Gasteiger partial charge in [0.25, 0.3) is 5.91 Å². The molecule has 0 aromatic heterocycles. The Balaban J connectivity index is 1.39. The summed E-state index contributed by atoms with van der Waals surface area (Å²) in [5.41, 5.74) is 3.94. The Labute approximate surface area is 159 Å². The molecule has 0 N–H and O–H groups in total. The summed E-state index contributed by atoms with van der Waals surface area (Å²) < 4.78 is 4.70. The Morgan fingerprint density at radius 2 is 1.67 bits per heavy atom. The average molecular weight is 364 g/mol. The highest BCUT2D eigenvalue weighted by Gasteiger charge is 2.32. The zero-order valence-electron chi connectivity index (χ0n) is 15.6. The van der Waals surface area contributed by atoms with Crippen molar-refractivity contribution < 1.29 is 14.3 Å². The second-order valence-electron chi connectivity index (χ2n) is 7.25. The minimum Gasteiger partial charge on any atom is -0.465 e. The van der Waals surface area contributed by atoms with E-state index in [1.807, 2.05) is 4.90 Å². The summed E-state index contributed by atoms with van der Waals surface area (Å²) in [6.45, 7) is 3.56. The highest BCUT2D eigenvalue weighted by atomic mass is 16.5. The quantitative estimate of drug-likeness (QED) is 0.786. The number of likely N-dealkylation sites (tertiary alicyclic amines) is 1. The molecule has 2 aliphatic heterocycles. The number of hydrogen-bond donors (Lipinski definition) is 0. The first kappa shape index (κ1) is 17.7. The predicted octanol–water partition coefficient (Wildman–Crippen LogP) is 2.75. The lowest BCUT2D eigenvalue weighted by Crippen LogP contribution is -2.41. The molecule has 2 heterocycles. The van der Waals surface area contributed by atoms with E-state index < -0.39 is 0 Å². The van der Waals surface area contributed by atoms with Crippen LogP contribution in [-0.2, 0) is 17.7 Å². The third-order valence-electron chi connectivity index (χ3n) is 5.68. The number of carbonyl (C=O) groups is 2. The van der Waals surface area contributed by atoms with Crippen molar-refractivity contribution in [2.75, 3.05) is 26.7 Å². The van der Waals surface area contributed by atoms with E-state index in [0.717, 1.165) is 39.0 Å². The van der Waals surface area contributed by atoms with E-state index in [2.05, 4.69) is 29.2 Å². The zero-order chi connectivity index (χ0) is 18.8. The van der Waals surface area contributed by atoms with Crippen LogP contribution in [0.5, 0.6) is 0 Å². The third kappa shape index (κ3) is 3.60. The molecule has 0 bridgehead atoms. The maximum atomic E-state index is 12.8. The van der Waals surface area contributed by atoms with Crippen LogP contribution in [-0.4, -0.2) is 54.5 Å². The molecular weight excluding hydrogens is 340 g/mol. The van der Waals surface area contributed by atoms with Gasteiger partial charge in [-0.15, -0.1) is 0 Å². The van der Waals surface area contributed by atoms with Crippen LogP contribution in [0.4, 0.5) is 0 Å². The van der Waals surface area contributed by atoms with E-state index in [1.165, 1.54) is 18.2 Å². The number of esters is 1. The minimum absolute atomic E-state index is 0.0336. The number of methoxy groups -OCH3 is 1. The number of ether oxygens (including phenoxy) is 1. The molecule has 140 valence electrons. The largest absolute Gasteiger partial charge is 0.465 e. The highest BCUT2D eigenvalue weighted by Crippen LogP contribution is 2.25. The topological polar surface area (TPSA) is 49.9 Å². The number of benzene rings is 2. The Morgan fingerprint density at radius 3 is 2.41 bits per heavy atom. The minimum atomic E-state index is -0.388. The Bertz CT molecular complexity index is 847. The Hall–Kier alpha value is -2.66. The lowest BCUT2D eigenvalue weighted by atomic mass is 9.98. The Morgan fingerprint density at radius 1 is 0.963 bits per heavy atom. The molecule has 2 aromatic rings. The highest BCUT2D eigenvalue weighted by molar-refractivity contribution is 5.96. The summed E-state index contributed by atoms with van der Waals surface area (Å²) in [5, 5.41) is 0. The van der Waals surface area contributed by atoms with E-state index in [-0.39, 0.29) is 11.9 Å². The monoisotopic (exact) mass is 364 g/mol. The lowest BCUT2D eigenvalue weighted by molar-refractivity contribution is 0.0600. The van der Waals surface area contributed by atoms with Gasteiger partial charge >= 0.3 is 5.97 Å². The first-order valence-corrected chi connectivity index (χ1v) is 9.44. The lowest BCUT2D eigenvalue weighted by Gasteiger charge is -2.33. The number of hydrogen-bond acceptors (Lipinski definition) is 4. The number of nitrogens with zero attached hydrogens (tertiary/aromatic N) is 2. The second-order valence-corrected chi connectivity index (χ2v) is 7.25. The van der Waals surface area contributed by atoms with Crippen molar-refractivity contribution >= 4 is 11.9 Å². The summed E-state index contributed by atoms with van der Waals surface area (Å²) in [5.74, 6) is -0.355. The molecule has 0 spiro atoms. The summed E-state index contributed by atoms with van der Waals surface area (Å²) in [6, 6.07) is 15.8. The van der Waals surface area contributed by atoms with Crippen LogP contribution >= 0.6 is 0 Å². The van der Waals surface area contributed by atoms with Crippen molar-refractivity contribution in [3.8, 4) is 0 Å². The zero-order valence-corrected chi connectivity index (χ0v) is 15.6. The molecule has 27 heavy (non-hydrogen) atoms. The summed E-state index contributed by atoms with van der Waals surface area (Å²) in [4.78, 5) is 28.8. The van der Waals surface area contributed by atoms with Crippen molar-refractivity contribution in [3.05, 3.63) is 70.8 Å². The van der Waals surface area contributed by atoms with Crippen molar-refractivity contribution in [1.29, 1.82) is 0 Å². The molecule has 0 saturated carbocycles. The number of amides is 1. The molecular formula is C22H24N2O3. The van der Waals surface area contributed by atoms with Gasteiger partial charge in [0.2, 0.25) is 0 Å². The van der Waals surface area contributed by atoms with Gasteiger partial charge in [0.05, 0.1) is 12.7 Å². The van der Waals surface area contributed by atoms with Gasteiger partial charge in [-0.1, -0.05) is 24.3 Å². The average Bonchev–Trinajstić information content (AvgIpc) is 3.22. The molecule has 0 aliphatic carbocycles. The van der Waals surface area contributed by atoms with Gasteiger partial charge in [0.1, 0.15) is 0 Å². The molecule has 2 aromatic carbocycles. The van der Waals surface area contributed by atoms with Crippen molar-refractivity contribution in [1.82, 2.24) is 9.80 Å². The van der Waals surface area contributed by atoms with Crippen LogP contribution in [0.1, 0.15) is 38.3 Å². The molecule has 1 amide bonds. The van der Waals surface area contributed by atoms with Crippen LogP contribution in [0.15, 0.2) is 48.5 Å². The SMILES string of the molecule is COC(=O)c1ccc(C(=O)N2CCC(N3CCc4ccccc4C3)C2)cc1. The molecule has 2 aliphatic rings. The standard InChI is InChI=1S/C22H24N2O3/c1-27-22(26)18-8-6-17(7-9-18)21(25)24-13-11-20(15-24)23-12-10-16-4-2-3-5-19(16)14-23/h2-9,20H,10-15H2,1H3. The maximum absolute atomic E-state index is 12.8. The fraction of sp³-hybridized carbons (Fsp3) is 0.364. The van der Waals surface area contributed by atoms with Crippen molar-refractivity contribution in [2.24, 2.45) is 0 Å². The normalized spacial score (nSPS) is 19.6. The van der Waals surface area contributed by atoms with Crippen LogP contribution in [0, 0.1) is 0 Å². The first-order chi connectivity index (χ1) is 13.2. The molecule has 5 heteroatoms. The van der Waals surface area contributed by atoms with Crippen molar-refractivity contribution in [3.63, 3.8) is 0 Å². The molecule has 1 fully saturated rings. The fourth-order valence-electron chi connectivity index (χ4n) is 4.10. The van der Waals surface area contributed by atoms with Crippen LogP contribution < -0.4 is 0 Å². The molecule has 5 nitrogen and oxygen atoms in total. The number of rotatable bonds is 3. The fourth-order valence-corrected chi connectivity index (χ4v) is 4.10. The van der Waals surface area contributed by atoms with Crippen LogP contribution in [0.2, 0.25) is 0 Å². The smallest absolute Gasteiger partial charge is 0.337 e. The van der Waals surface area contributed by atoms with Crippen molar-refractivity contribution in [2.45, 2.75) is 25.4 Å². The van der Waals surface area contributed by atoms with E-state index >= 15 is 0 Å². The molecule has 0 radical (unpaired) electrons. The summed E-state index contributed by atoms with van der Waals surface area (Å²) in [7, 11) is 1.35. The van der Waals surface area contributed by atoms with Gasteiger partial charge in [0, 0.05) is 37.8 Å². The first-order valence-electron chi connectivity index (χ1n) is 9.44. The van der Waals surface area contributed by atoms with Gasteiger partial charge in [0.15, 0.2) is 0 Å². The summed E-state index contributed by atoms with van der Waals surface area (Å²) in [6.07, 6.45) is 2.09. The second kappa shape index (κ2) is 7.53. The van der Waals surface area contributed by atoms with Gasteiger partial charge < -0.3 is 9.64 Å². The molecule has 1 unspecified atom stereocenters. The Kier molecular flexibility index (Phi) is 4.94. The number of fused-ring (bicyclic) bond motifs is 1. The molecule has 1 atom stereocenters. The van der Waals surface area contributed by atoms with Crippen LogP contribution in [0.3, 0.4) is 0 Å². The number of carbonyl (C=O) groups excluding carboxylic acids is 2. The van der Waals surface area contributed by atoms with E-state index in [4.69, 9.17) is 4.74 Å². The van der Waals surface area contributed by atoms with E-state index in [0.29, 0.717) is 17.2 Å². The van der Waals surface area contributed by atoms with E-state index in [9.17, 15) is 9.59 Å². The van der Waals surface area contributed by atoms with Crippen LogP contribution in [0.25, 0.3) is 0 Å². The van der Waals surface area contributed by atoms with E-state index in [1.54, 1.807) is 24.3 Å². The third-order valence-corrected chi connectivity index (χ3v) is 5.68. The predicted molar refractivity (Wildman–Crippen MR) is 103 cm³/mol. The molecule has 4 rings (SSSR count). The van der Waals surface area contributed by atoms with Gasteiger partial charge in [-0.25, -0.2) is 4.79 Å². The summed E-state index contributed by atoms with van der Waals surface area (Å²) >= 11 is 0. The van der Waals surface area contributed by atoms with Gasteiger partial charge in [-0.05, 0) is 48.2 Å². The molecule has 1 saturated heterocycles. The maximum Gasteiger partial charge on any atom is 0.337 e.